The average molecular weight is 387 g/mol. The summed E-state index contributed by atoms with van der Waals surface area (Å²) in [5, 5.41) is 4.88. The van der Waals surface area contributed by atoms with Crippen LogP contribution >= 0.6 is 0 Å². The van der Waals surface area contributed by atoms with Crippen LogP contribution in [0.4, 0.5) is 0 Å². The zero-order chi connectivity index (χ0) is 21.4. The van der Waals surface area contributed by atoms with Crippen molar-refractivity contribution in [1.29, 1.82) is 0 Å². The molecular weight excluding hydrogens is 360 g/mol. The van der Waals surface area contributed by atoms with Crippen molar-refractivity contribution in [2.24, 2.45) is 0 Å². The van der Waals surface area contributed by atoms with Gasteiger partial charge in [0.05, 0.1) is 0 Å². The normalized spacial score (nSPS) is 10.9. The second kappa shape index (κ2) is 7.65. The van der Waals surface area contributed by atoms with Gasteiger partial charge in [0.15, 0.2) is 0 Å². The zero-order valence-corrected chi connectivity index (χ0v) is 17.8. The number of hydrogen-bond donors (Lipinski definition) is 0. The molecule has 0 atom stereocenters. The van der Waals surface area contributed by atoms with Gasteiger partial charge in [-0.25, -0.2) is 0 Å². The van der Waals surface area contributed by atoms with Crippen molar-refractivity contribution in [1.82, 2.24) is 0 Å². The van der Waals surface area contributed by atoms with Crippen molar-refractivity contribution >= 4 is 45.8 Å². The van der Waals surface area contributed by atoms with Crippen LogP contribution in [0, 0.1) is 13.8 Å². The summed E-state index contributed by atoms with van der Waals surface area (Å²) in [6.07, 6.45) is 7.81. The summed E-state index contributed by atoms with van der Waals surface area (Å²) in [5.74, 6) is 0. The maximum Gasteiger partial charge on any atom is -0.00143 e. The van der Waals surface area contributed by atoms with Gasteiger partial charge in [-0.3, -0.25) is 0 Å². The van der Waals surface area contributed by atoms with Crippen LogP contribution in [0.2, 0.25) is 0 Å². The van der Waals surface area contributed by atoms with E-state index in [-0.39, 0.29) is 0 Å². The Balaban J connectivity index is 2.39. The number of benzene rings is 4. The Kier molecular flexibility index (Phi) is 5.01. The smallest absolute Gasteiger partial charge is 0.00143 e. The van der Waals surface area contributed by atoms with Crippen LogP contribution in [0.3, 0.4) is 0 Å². The first-order valence-corrected chi connectivity index (χ1v) is 10.2. The third-order valence-corrected chi connectivity index (χ3v) is 6.19. The van der Waals surface area contributed by atoms with E-state index in [0.29, 0.717) is 0 Å². The minimum Gasteiger partial charge on any atom is -0.0984 e. The molecule has 0 spiro atoms. The van der Waals surface area contributed by atoms with Crippen molar-refractivity contribution < 1.29 is 0 Å². The minimum absolute atomic E-state index is 1.10. The fourth-order valence-corrected chi connectivity index (χ4v) is 4.80. The van der Waals surface area contributed by atoms with E-state index in [1.54, 1.807) is 0 Å². The number of hydrogen-bond acceptors (Lipinski definition) is 0. The third-order valence-electron chi connectivity index (χ3n) is 6.19. The molecule has 30 heavy (non-hydrogen) atoms. The van der Waals surface area contributed by atoms with Crippen LogP contribution in [0.5, 0.6) is 0 Å². The molecule has 0 heteroatoms. The molecule has 0 saturated heterocycles. The van der Waals surface area contributed by atoms with Crippen molar-refractivity contribution in [3.05, 3.63) is 108 Å². The summed E-state index contributed by atoms with van der Waals surface area (Å²) >= 11 is 0. The lowest BCUT2D eigenvalue weighted by atomic mass is 9.80. The van der Waals surface area contributed by atoms with E-state index in [0.717, 1.165) is 22.3 Å². The van der Waals surface area contributed by atoms with E-state index < -0.39 is 0 Å². The van der Waals surface area contributed by atoms with E-state index in [1.807, 2.05) is 24.3 Å². The van der Waals surface area contributed by atoms with Crippen LogP contribution in [0.25, 0.3) is 57.0 Å². The monoisotopic (exact) mass is 386 g/mol. The lowest BCUT2D eigenvalue weighted by Gasteiger charge is -2.23. The number of fused-ring (bicyclic) bond motifs is 2. The summed E-state index contributed by atoms with van der Waals surface area (Å²) in [6.45, 7) is 20.9. The van der Waals surface area contributed by atoms with Crippen LogP contribution in [-0.2, 0) is 0 Å². The average Bonchev–Trinajstić information content (AvgIpc) is 2.79. The fraction of sp³-hybridized carbons (Fsp3) is 0.0667. The first-order chi connectivity index (χ1) is 14.6. The molecule has 0 unspecified atom stereocenters. The Labute approximate surface area is 179 Å². The Hall–Kier alpha value is -3.64. The standard InChI is InChI=1S/C30H26/c1-7-21-19(5)25-15-11-13-17-27(25)29(23(21)9-3)30-24(10-4)22(8-2)20(6)26-16-12-14-18-28(26)30/h7-18H,1-4H2,5-6H3. The van der Waals surface area contributed by atoms with E-state index in [4.69, 9.17) is 0 Å². The van der Waals surface area contributed by atoms with Crippen molar-refractivity contribution in [3.63, 3.8) is 0 Å². The van der Waals surface area contributed by atoms with E-state index in [9.17, 15) is 0 Å². The summed E-state index contributed by atoms with van der Waals surface area (Å²) in [6, 6.07) is 17.2. The van der Waals surface area contributed by atoms with Gasteiger partial charge in [-0.2, -0.15) is 0 Å². The molecule has 4 rings (SSSR count). The predicted molar refractivity (Wildman–Crippen MR) is 137 cm³/mol. The van der Waals surface area contributed by atoms with Gasteiger partial charge in [-0.15, -0.1) is 0 Å². The van der Waals surface area contributed by atoms with Gasteiger partial charge in [0.2, 0.25) is 0 Å². The first kappa shape index (κ1) is 19.7. The molecule has 0 bridgehead atoms. The van der Waals surface area contributed by atoms with Gasteiger partial charge in [-0.05, 0) is 79.9 Å². The van der Waals surface area contributed by atoms with Crippen molar-refractivity contribution in [3.8, 4) is 11.1 Å². The lowest BCUT2D eigenvalue weighted by Crippen LogP contribution is -2.00. The molecule has 0 aliphatic rings. The SMILES string of the molecule is C=Cc1c(C=C)c(-c2c(C=C)c(C=C)c(C)c3ccccc23)c2ccccc2c1C. The highest BCUT2D eigenvalue weighted by Gasteiger charge is 2.21. The molecule has 0 heterocycles. The number of aryl methyl sites for hydroxylation is 2. The maximum absolute atomic E-state index is 4.18. The highest BCUT2D eigenvalue weighted by molar-refractivity contribution is 6.14. The molecule has 0 aliphatic carbocycles. The predicted octanol–water partition coefficient (Wildman–Crippen LogP) is 8.85. The van der Waals surface area contributed by atoms with Crippen LogP contribution in [-0.4, -0.2) is 0 Å². The Morgan fingerprint density at radius 2 is 0.767 bits per heavy atom. The molecule has 146 valence electrons. The molecule has 0 N–H and O–H groups in total. The van der Waals surface area contributed by atoms with Gasteiger partial charge in [-0.1, -0.05) is 99.2 Å². The van der Waals surface area contributed by atoms with Crippen molar-refractivity contribution in [2.45, 2.75) is 13.8 Å². The van der Waals surface area contributed by atoms with Gasteiger partial charge < -0.3 is 0 Å². The fourth-order valence-electron chi connectivity index (χ4n) is 4.80. The number of rotatable bonds is 5. The highest BCUT2D eigenvalue weighted by atomic mass is 14.2. The summed E-state index contributed by atoms with van der Waals surface area (Å²) in [7, 11) is 0. The molecule has 0 aromatic heterocycles. The van der Waals surface area contributed by atoms with E-state index >= 15 is 0 Å². The van der Waals surface area contributed by atoms with E-state index in [1.165, 1.54) is 43.8 Å². The van der Waals surface area contributed by atoms with E-state index in [2.05, 4.69) is 88.7 Å². The Morgan fingerprint density at radius 1 is 0.467 bits per heavy atom. The quantitative estimate of drug-likeness (QED) is 0.321. The molecule has 0 aliphatic heterocycles. The van der Waals surface area contributed by atoms with Crippen LogP contribution < -0.4 is 0 Å². The highest BCUT2D eigenvalue weighted by Crippen LogP contribution is 2.45. The molecule has 4 aromatic carbocycles. The Morgan fingerprint density at radius 3 is 1.07 bits per heavy atom. The minimum atomic E-state index is 1.10. The van der Waals surface area contributed by atoms with Gasteiger partial charge in [0, 0.05) is 0 Å². The topological polar surface area (TPSA) is 0 Å². The maximum atomic E-state index is 4.18. The van der Waals surface area contributed by atoms with Gasteiger partial charge >= 0.3 is 0 Å². The van der Waals surface area contributed by atoms with Crippen LogP contribution in [0.15, 0.2) is 74.8 Å². The largest absolute Gasteiger partial charge is 0.0984 e. The second-order valence-corrected chi connectivity index (χ2v) is 7.56. The zero-order valence-electron chi connectivity index (χ0n) is 17.8. The second-order valence-electron chi connectivity index (χ2n) is 7.56. The third kappa shape index (κ3) is 2.69. The molecule has 0 fully saturated rings. The molecule has 0 nitrogen and oxygen atoms in total. The molecular formula is C30H26. The molecule has 0 radical (unpaired) electrons. The molecule has 0 saturated carbocycles. The van der Waals surface area contributed by atoms with Gasteiger partial charge in [0.1, 0.15) is 0 Å². The van der Waals surface area contributed by atoms with Gasteiger partial charge in [0.25, 0.3) is 0 Å². The summed E-state index contributed by atoms with van der Waals surface area (Å²) < 4.78 is 0. The van der Waals surface area contributed by atoms with Crippen molar-refractivity contribution in [2.75, 3.05) is 0 Å². The summed E-state index contributed by atoms with van der Waals surface area (Å²) in [4.78, 5) is 0. The Bertz CT molecular complexity index is 1260. The lowest BCUT2D eigenvalue weighted by molar-refractivity contribution is 1.46. The molecule has 0 amide bonds. The van der Waals surface area contributed by atoms with Crippen LogP contribution in [0.1, 0.15) is 33.4 Å². The first-order valence-electron chi connectivity index (χ1n) is 10.2. The molecule has 4 aromatic rings. The summed E-state index contributed by atoms with van der Waals surface area (Å²) in [5.41, 5.74) is 9.25.